The predicted molar refractivity (Wildman–Crippen MR) is 66.6 cm³/mol. The van der Waals surface area contributed by atoms with Crippen LogP contribution in [0.25, 0.3) is 5.69 Å². The summed E-state index contributed by atoms with van der Waals surface area (Å²) < 4.78 is 1.66. The third kappa shape index (κ3) is 2.74. The molecule has 0 aliphatic rings. The number of benzene rings is 1. The molecule has 1 aromatic carbocycles. The molecule has 1 heterocycles. The van der Waals surface area contributed by atoms with Crippen LogP contribution in [0.5, 0.6) is 0 Å². The van der Waals surface area contributed by atoms with E-state index in [1.165, 1.54) is 5.56 Å². The minimum atomic E-state index is -0.820. The summed E-state index contributed by atoms with van der Waals surface area (Å²) in [5, 5.41) is 16.8. The lowest BCUT2D eigenvalue weighted by Gasteiger charge is -2.01. The van der Waals surface area contributed by atoms with Crippen LogP contribution in [0, 0.1) is 12.8 Å². The quantitative estimate of drug-likeness (QED) is 0.892. The van der Waals surface area contributed by atoms with Crippen molar-refractivity contribution in [3.63, 3.8) is 0 Å². The number of aromatic nitrogens is 3. The Balaban J connectivity index is 2.15. The number of carboxylic acid groups (broad SMARTS) is 1. The Morgan fingerprint density at radius 1 is 1.39 bits per heavy atom. The summed E-state index contributed by atoms with van der Waals surface area (Å²) in [5.74, 6) is -1.27. The van der Waals surface area contributed by atoms with E-state index in [1.54, 1.807) is 17.8 Å². The molecule has 1 atom stereocenters. The van der Waals surface area contributed by atoms with Crippen molar-refractivity contribution in [2.24, 2.45) is 5.92 Å². The first-order valence-electron chi connectivity index (χ1n) is 5.77. The lowest BCUT2D eigenvalue weighted by atomic mass is 10.1. The van der Waals surface area contributed by atoms with Crippen molar-refractivity contribution < 1.29 is 9.90 Å². The summed E-state index contributed by atoms with van der Waals surface area (Å²) in [7, 11) is 0. The average Bonchev–Trinajstić information content (AvgIpc) is 2.78. The summed E-state index contributed by atoms with van der Waals surface area (Å²) in [6, 6.07) is 7.90. The minimum absolute atomic E-state index is 0.390. The van der Waals surface area contributed by atoms with Gasteiger partial charge in [0, 0.05) is 6.42 Å². The molecule has 0 spiro atoms. The molecule has 0 bridgehead atoms. The highest BCUT2D eigenvalue weighted by Gasteiger charge is 2.14. The fourth-order valence-corrected chi connectivity index (χ4v) is 1.62. The first-order valence-corrected chi connectivity index (χ1v) is 5.77. The molecule has 0 fully saturated rings. The van der Waals surface area contributed by atoms with Crippen LogP contribution >= 0.6 is 0 Å². The van der Waals surface area contributed by atoms with Gasteiger partial charge in [0.25, 0.3) is 0 Å². The second kappa shape index (κ2) is 5.00. The Kier molecular flexibility index (Phi) is 3.41. The Bertz CT molecular complexity index is 546. The topological polar surface area (TPSA) is 68.0 Å². The van der Waals surface area contributed by atoms with E-state index in [9.17, 15) is 4.79 Å². The number of aliphatic carboxylic acids is 1. The number of hydrogen-bond acceptors (Lipinski definition) is 3. The summed E-state index contributed by atoms with van der Waals surface area (Å²) in [6.45, 7) is 3.68. The molecule has 0 saturated carbocycles. The summed E-state index contributed by atoms with van der Waals surface area (Å²) in [6.07, 6.45) is 2.16. The largest absolute Gasteiger partial charge is 0.481 e. The number of hydrogen-bond donors (Lipinski definition) is 1. The monoisotopic (exact) mass is 245 g/mol. The lowest BCUT2D eigenvalue weighted by molar-refractivity contribution is -0.141. The SMILES string of the molecule is Cc1ccc(-n2cc(CC(C)C(=O)O)nn2)cc1. The molecule has 1 unspecified atom stereocenters. The van der Waals surface area contributed by atoms with Crippen LogP contribution in [0.4, 0.5) is 0 Å². The van der Waals surface area contributed by atoms with Crippen LogP contribution in [0.1, 0.15) is 18.2 Å². The molecule has 0 aliphatic heterocycles. The lowest BCUT2D eigenvalue weighted by Crippen LogP contribution is -2.12. The van der Waals surface area contributed by atoms with Gasteiger partial charge in [0.15, 0.2) is 0 Å². The molecule has 5 heteroatoms. The molecule has 94 valence electrons. The number of aryl methyl sites for hydroxylation is 1. The van der Waals surface area contributed by atoms with Gasteiger partial charge in [0.1, 0.15) is 0 Å². The van der Waals surface area contributed by atoms with Gasteiger partial charge in [0.2, 0.25) is 0 Å². The van der Waals surface area contributed by atoms with Crippen molar-refractivity contribution in [3.8, 4) is 5.69 Å². The van der Waals surface area contributed by atoms with E-state index in [4.69, 9.17) is 5.11 Å². The highest BCUT2D eigenvalue weighted by Crippen LogP contribution is 2.10. The fourth-order valence-electron chi connectivity index (χ4n) is 1.62. The average molecular weight is 245 g/mol. The molecule has 0 amide bonds. The molecular weight excluding hydrogens is 230 g/mol. The maximum absolute atomic E-state index is 10.8. The second-order valence-corrected chi connectivity index (χ2v) is 4.43. The van der Waals surface area contributed by atoms with Crippen LogP contribution in [0.2, 0.25) is 0 Å². The maximum Gasteiger partial charge on any atom is 0.306 e. The Morgan fingerprint density at radius 2 is 2.06 bits per heavy atom. The van der Waals surface area contributed by atoms with E-state index in [-0.39, 0.29) is 0 Å². The second-order valence-electron chi connectivity index (χ2n) is 4.43. The van der Waals surface area contributed by atoms with Crippen LogP contribution in [0.3, 0.4) is 0 Å². The molecule has 5 nitrogen and oxygen atoms in total. The Hall–Kier alpha value is -2.17. The van der Waals surface area contributed by atoms with E-state index >= 15 is 0 Å². The highest BCUT2D eigenvalue weighted by molar-refractivity contribution is 5.69. The number of nitrogens with zero attached hydrogens (tertiary/aromatic N) is 3. The standard InChI is InChI=1S/C13H15N3O2/c1-9-3-5-12(6-4-9)16-8-11(14-15-16)7-10(2)13(17)18/h3-6,8,10H,7H2,1-2H3,(H,17,18). The van der Waals surface area contributed by atoms with E-state index < -0.39 is 11.9 Å². The van der Waals surface area contributed by atoms with Crippen LogP contribution < -0.4 is 0 Å². The van der Waals surface area contributed by atoms with Gasteiger partial charge in [0.05, 0.1) is 23.5 Å². The Morgan fingerprint density at radius 3 is 2.67 bits per heavy atom. The smallest absolute Gasteiger partial charge is 0.306 e. The van der Waals surface area contributed by atoms with Gasteiger partial charge >= 0.3 is 5.97 Å². The molecule has 1 N–H and O–H groups in total. The van der Waals surface area contributed by atoms with Crippen molar-refractivity contribution in [3.05, 3.63) is 41.7 Å². The number of rotatable bonds is 4. The van der Waals surface area contributed by atoms with Crippen molar-refractivity contribution in [2.45, 2.75) is 20.3 Å². The van der Waals surface area contributed by atoms with Gasteiger partial charge in [-0.1, -0.05) is 29.8 Å². The molecule has 0 radical (unpaired) electrons. The minimum Gasteiger partial charge on any atom is -0.481 e. The van der Waals surface area contributed by atoms with Gasteiger partial charge in [-0.3, -0.25) is 4.79 Å². The van der Waals surface area contributed by atoms with E-state index in [1.807, 2.05) is 31.2 Å². The van der Waals surface area contributed by atoms with Gasteiger partial charge in [-0.15, -0.1) is 5.10 Å². The number of carboxylic acids is 1. The fraction of sp³-hybridized carbons (Fsp3) is 0.308. The molecule has 18 heavy (non-hydrogen) atoms. The zero-order chi connectivity index (χ0) is 13.1. The van der Waals surface area contributed by atoms with Crippen molar-refractivity contribution in [1.29, 1.82) is 0 Å². The zero-order valence-corrected chi connectivity index (χ0v) is 10.4. The molecular formula is C13H15N3O2. The normalized spacial score (nSPS) is 12.3. The van der Waals surface area contributed by atoms with Crippen LogP contribution in [-0.4, -0.2) is 26.1 Å². The van der Waals surface area contributed by atoms with E-state index in [0.717, 1.165) is 5.69 Å². The van der Waals surface area contributed by atoms with E-state index in [0.29, 0.717) is 12.1 Å². The van der Waals surface area contributed by atoms with Crippen molar-refractivity contribution >= 4 is 5.97 Å². The van der Waals surface area contributed by atoms with Crippen LogP contribution in [0.15, 0.2) is 30.5 Å². The molecule has 1 aromatic heterocycles. The zero-order valence-electron chi connectivity index (χ0n) is 10.4. The van der Waals surface area contributed by atoms with Gasteiger partial charge < -0.3 is 5.11 Å². The molecule has 0 aliphatic carbocycles. The summed E-state index contributed by atoms with van der Waals surface area (Å²) >= 11 is 0. The summed E-state index contributed by atoms with van der Waals surface area (Å²) in [4.78, 5) is 10.8. The molecule has 2 aromatic rings. The first kappa shape index (κ1) is 12.3. The predicted octanol–water partition coefficient (Wildman–Crippen LogP) is 1.84. The van der Waals surface area contributed by atoms with Crippen molar-refractivity contribution in [1.82, 2.24) is 15.0 Å². The third-order valence-corrected chi connectivity index (χ3v) is 2.78. The molecule has 0 saturated heterocycles. The van der Waals surface area contributed by atoms with Crippen molar-refractivity contribution in [2.75, 3.05) is 0 Å². The van der Waals surface area contributed by atoms with Gasteiger partial charge in [-0.25, -0.2) is 4.68 Å². The third-order valence-electron chi connectivity index (χ3n) is 2.78. The van der Waals surface area contributed by atoms with Gasteiger partial charge in [-0.2, -0.15) is 0 Å². The maximum atomic E-state index is 10.8. The molecule has 2 rings (SSSR count). The first-order chi connectivity index (χ1) is 8.56. The highest BCUT2D eigenvalue weighted by atomic mass is 16.4. The summed E-state index contributed by atoms with van der Waals surface area (Å²) in [5.41, 5.74) is 2.78. The van der Waals surface area contributed by atoms with Crippen LogP contribution in [-0.2, 0) is 11.2 Å². The van der Waals surface area contributed by atoms with Gasteiger partial charge in [-0.05, 0) is 19.1 Å². The Labute approximate surface area is 105 Å². The van der Waals surface area contributed by atoms with E-state index in [2.05, 4.69) is 10.3 Å². The number of carbonyl (C=O) groups is 1.